The van der Waals surface area contributed by atoms with Crippen LogP contribution in [0.25, 0.3) is 0 Å². The van der Waals surface area contributed by atoms with Gasteiger partial charge in [0.25, 0.3) is 0 Å². The number of hydrogen-bond donors (Lipinski definition) is 2. The van der Waals surface area contributed by atoms with Gasteiger partial charge in [-0.3, -0.25) is 4.79 Å². The summed E-state index contributed by atoms with van der Waals surface area (Å²) in [5.41, 5.74) is 0. The molecule has 1 aromatic heterocycles. The number of ether oxygens (including phenoxy) is 1. The van der Waals surface area contributed by atoms with Gasteiger partial charge in [-0.25, -0.2) is 0 Å². The Morgan fingerprint density at radius 1 is 1.24 bits per heavy atom. The SMILES string of the molecule is COCCCNc1ccc(NC(=O)C2CCCCC2)nn1. The lowest BCUT2D eigenvalue weighted by molar-refractivity contribution is -0.120. The highest BCUT2D eigenvalue weighted by atomic mass is 16.5. The van der Waals surface area contributed by atoms with Crippen LogP contribution < -0.4 is 10.6 Å². The Kier molecular flexibility index (Phi) is 6.40. The Balaban J connectivity index is 1.77. The molecule has 0 spiro atoms. The van der Waals surface area contributed by atoms with Gasteiger partial charge in [0.05, 0.1) is 0 Å². The van der Waals surface area contributed by atoms with Crippen molar-refractivity contribution in [2.24, 2.45) is 5.92 Å². The monoisotopic (exact) mass is 292 g/mol. The van der Waals surface area contributed by atoms with Crippen molar-refractivity contribution in [3.8, 4) is 0 Å². The van der Waals surface area contributed by atoms with Crippen LogP contribution in [0.3, 0.4) is 0 Å². The van der Waals surface area contributed by atoms with Crippen molar-refractivity contribution in [1.82, 2.24) is 10.2 Å². The first-order chi connectivity index (χ1) is 10.3. The van der Waals surface area contributed by atoms with E-state index in [9.17, 15) is 4.79 Å². The van der Waals surface area contributed by atoms with Crippen molar-refractivity contribution < 1.29 is 9.53 Å². The topological polar surface area (TPSA) is 76.1 Å². The van der Waals surface area contributed by atoms with Crippen LogP contribution in [0.4, 0.5) is 11.6 Å². The van der Waals surface area contributed by atoms with E-state index in [1.165, 1.54) is 6.42 Å². The lowest BCUT2D eigenvalue weighted by Crippen LogP contribution is -2.25. The smallest absolute Gasteiger partial charge is 0.228 e. The third kappa shape index (κ3) is 5.30. The number of nitrogens with zero attached hydrogens (tertiary/aromatic N) is 2. The van der Waals surface area contributed by atoms with Crippen LogP contribution >= 0.6 is 0 Å². The second kappa shape index (κ2) is 8.56. The Morgan fingerprint density at radius 2 is 1.95 bits per heavy atom. The zero-order valence-corrected chi connectivity index (χ0v) is 12.6. The van der Waals surface area contributed by atoms with Crippen molar-refractivity contribution >= 4 is 17.5 Å². The fraction of sp³-hybridized carbons (Fsp3) is 0.667. The van der Waals surface area contributed by atoms with Gasteiger partial charge in [0.15, 0.2) is 5.82 Å². The summed E-state index contributed by atoms with van der Waals surface area (Å²) in [6.45, 7) is 1.51. The molecule has 1 amide bonds. The van der Waals surface area contributed by atoms with Crippen LogP contribution in [0.2, 0.25) is 0 Å². The Labute approximate surface area is 125 Å². The quantitative estimate of drug-likeness (QED) is 0.755. The molecule has 1 aromatic rings. The van der Waals surface area contributed by atoms with Crippen LogP contribution in [0.15, 0.2) is 12.1 Å². The minimum absolute atomic E-state index is 0.0739. The maximum Gasteiger partial charge on any atom is 0.228 e. The number of rotatable bonds is 7. The van der Waals surface area contributed by atoms with Gasteiger partial charge in [-0.15, -0.1) is 10.2 Å². The highest BCUT2D eigenvalue weighted by Gasteiger charge is 2.21. The van der Waals surface area contributed by atoms with Gasteiger partial charge >= 0.3 is 0 Å². The number of carbonyl (C=O) groups is 1. The van der Waals surface area contributed by atoms with E-state index in [1.807, 2.05) is 6.07 Å². The minimum Gasteiger partial charge on any atom is -0.385 e. The first kappa shape index (κ1) is 15.7. The number of hydrogen-bond acceptors (Lipinski definition) is 5. The summed E-state index contributed by atoms with van der Waals surface area (Å²) in [7, 11) is 1.68. The molecule has 0 unspecified atom stereocenters. The molecule has 1 heterocycles. The van der Waals surface area contributed by atoms with Gasteiger partial charge in [0.2, 0.25) is 5.91 Å². The summed E-state index contributed by atoms with van der Waals surface area (Å²) < 4.78 is 4.98. The molecular weight excluding hydrogens is 268 g/mol. The largest absolute Gasteiger partial charge is 0.385 e. The molecular formula is C15H24N4O2. The molecule has 1 saturated carbocycles. The fourth-order valence-corrected chi connectivity index (χ4v) is 2.52. The Morgan fingerprint density at radius 3 is 2.62 bits per heavy atom. The highest BCUT2D eigenvalue weighted by Crippen LogP contribution is 2.24. The van der Waals surface area contributed by atoms with Crippen LogP contribution in [0.1, 0.15) is 38.5 Å². The fourth-order valence-electron chi connectivity index (χ4n) is 2.52. The molecule has 6 nitrogen and oxygen atoms in total. The third-order valence-electron chi connectivity index (χ3n) is 3.72. The summed E-state index contributed by atoms with van der Waals surface area (Å²) in [5.74, 6) is 1.44. The summed E-state index contributed by atoms with van der Waals surface area (Å²) in [6.07, 6.45) is 6.42. The van der Waals surface area contributed by atoms with Gasteiger partial charge in [-0.05, 0) is 31.4 Å². The average Bonchev–Trinajstić information content (AvgIpc) is 2.54. The number of amides is 1. The normalized spacial score (nSPS) is 15.7. The first-order valence-corrected chi connectivity index (χ1v) is 7.67. The molecule has 0 aliphatic heterocycles. The van der Waals surface area contributed by atoms with Crippen molar-refractivity contribution in [3.63, 3.8) is 0 Å². The standard InChI is InChI=1S/C15H24N4O2/c1-21-11-5-10-16-13-8-9-14(19-18-13)17-15(20)12-6-3-2-4-7-12/h8-9,12H,2-7,10-11H2,1H3,(H,16,18)(H,17,19,20). The van der Waals surface area contributed by atoms with Crippen molar-refractivity contribution in [1.29, 1.82) is 0 Å². The van der Waals surface area contributed by atoms with Crippen molar-refractivity contribution in [2.75, 3.05) is 30.9 Å². The minimum atomic E-state index is 0.0739. The molecule has 116 valence electrons. The molecule has 0 bridgehead atoms. The summed E-state index contributed by atoms with van der Waals surface area (Å²) in [5, 5.41) is 14.1. The van der Waals surface area contributed by atoms with E-state index in [4.69, 9.17) is 4.74 Å². The molecule has 2 rings (SSSR count). The van der Waals surface area contributed by atoms with Crippen molar-refractivity contribution in [3.05, 3.63) is 12.1 Å². The molecule has 2 N–H and O–H groups in total. The molecule has 6 heteroatoms. The van der Waals surface area contributed by atoms with Gasteiger partial charge in [-0.1, -0.05) is 19.3 Å². The van der Waals surface area contributed by atoms with Crippen LogP contribution in [0, 0.1) is 5.92 Å². The van der Waals surface area contributed by atoms with Crippen LogP contribution in [-0.4, -0.2) is 36.4 Å². The van der Waals surface area contributed by atoms with Gasteiger partial charge in [0.1, 0.15) is 5.82 Å². The summed E-state index contributed by atoms with van der Waals surface area (Å²) >= 11 is 0. The number of methoxy groups -OCH3 is 1. The molecule has 0 radical (unpaired) electrons. The van der Waals surface area contributed by atoms with Gasteiger partial charge < -0.3 is 15.4 Å². The lowest BCUT2D eigenvalue weighted by atomic mass is 9.89. The second-order valence-electron chi connectivity index (χ2n) is 5.40. The van der Waals surface area contributed by atoms with Crippen LogP contribution in [0.5, 0.6) is 0 Å². The average molecular weight is 292 g/mol. The predicted molar refractivity (Wildman–Crippen MR) is 82.2 cm³/mol. The molecule has 21 heavy (non-hydrogen) atoms. The third-order valence-corrected chi connectivity index (χ3v) is 3.72. The molecule has 0 aromatic carbocycles. The first-order valence-electron chi connectivity index (χ1n) is 7.67. The second-order valence-corrected chi connectivity index (χ2v) is 5.40. The van der Waals surface area contributed by atoms with E-state index >= 15 is 0 Å². The lowest BCUT2D eigenvalue weighted by Gasteiger charge is -2.20. The maximum absolute atomic E-state index is 12.1. The van der Waals surface area contributed by atoms with E-state index in [1.54, 1.807) is 13.2 Å². The van der Waals surface area contributed by atoms with E-state index in [0.29, 0.717) is 11.6 Å². The molecule has 1 aliphatic carbocycles. The predicted octanol–water partition coefficient (Wildman–Crippen LogP) is 2.44. The number of anilines is 2. The van der Waals surface area contributed by atoms with Crippen LogP contribution in [-0.2, 0) is 9.53 Å². The molecule has 0 saturated heterocycles. The van der Waals surface area contributed by atoms with Gasteiger partial charge in [0, 0.05) is 26.2 Å². The van der Waals surface area contributed by atoms with E-state index in [0.717, 1.165) is 45.3 Å². The van der Waals surface area contributed by atoms with E-state index in [-0.39, 0.29) is 11.8 Å². The maximum atomic E-state index is 12.1. The number of aromatic nitrogens is 2. The zero-order valence-electron chi connectivity index (χ0n) is 12.6. The summed E-state index contributed by atoms with van der Waals surface area (Å²) in [4.78, 5) is 12.1. The van der Waals surface area contributed by atoms with Crippen molar-refractivity contribution in [2.45, 2.75) is 38.5 Å². The van der Waals surface area contributed by atoms with Gasteiger partial charge in [-0.2, -0.15) is 0 Å². The zero-order chi connectivity index (χ0) is 14.9. The highest BCUT2D eigenvalue weighted by molar-refractivity contribution is 5.91. The van der Waals surface area contributed by atoms with E-state index < -0.39 is 0 Å². The Bertz CT molecular complexity index is 430. The Hall–Kier alpha value is -1.69. The molecule has 1 aliphatic rings. The van der Waals surface area contributed by atoms with E-state index in [2.05, 4.69) is 20.8 Å². The summed E-state index contributed by atoms with van der Waals surface area (Å²) in [6, 6.07) is 3.61. The number of carbonyl (C=O) groups excluding carboxylic acids is 1. The molecule has 1 fully saturated rings. The molecule has 0 atom stereocenters. The number of nitrogens with one attached hydrogen (secondary N) is 2.